The van der Waals surface area contributed by atoms with E-state index >= 15 is 0 Å². The van der Waals surface area contributed by atoms with Gasteiger partial charge in [0.2, 0.25) is 0 Å². The van der Waals surface area contributed by atoms with Crippen molar-refractivity contribution < 1.29 is 13.9 Å². The number of anilines is 1. The normalized spacial score (nSPS) is 15.9. The Hall–Kier alpha value is -1.29. The van der Waals surface area contributed by atoms with Crippen LogP contribution in [0.3, 0.4) is 0 Å². The summed E-state index contributed by atoms with van der Waals surface area (Å²) < 4.78 is 18.2. The molecule has 3 nitrogen and oxygen atoms in total. The molecule has 0 radical (unpaired) electrons. The van der Waals surface area contributed by atoms with Crippen LogP contribution in [0.2, 0.25) is 5.02 Å². The molecule has 1 amide bonds. The number of amides is 1. The van der Waals surface area contributed by atoms with E-state index in [4.69, 9.17) is 16.3 Å². The molecule has 1 N–H and O–H groups in total. The molecular weight excluding hydrogens is 245 g/mol. The van der Waals surface area contributed by atoms with Gasteiger partial charge in [0, 0.05) is 10.7 Å². The monoisotopic (exact) mass is 257 g/mol. The molecule has 0 heterocycles. The van der Waals surface area contributed by atoms with Gasteiger partial charge in [-0.1, -0.05) is 11.6 Å². The van der Waals surface area contributed by atoms with Gasteiger partial charge >= 0.3 is 6.09 Å². The van der Waals surface area contributed by atoms with Crippen molar-refractivity contribution >= 4 is 23.4 Å². The summed E-state index contributed by atoms with van der Waals surface area (Å²) in [6.45, 7) is 0. The van der Waals surface area contributed by atoms with Gasteiger partial charge in [-0.2, -0.15) is 0 Å². The summed E-state index contributed by atoms with van der Waals surface area (Å²) in [6, 6.07) is 3.84. The number of nitrogens with one attached hydrogen (secondary N) is 1. The van der Waals surface area contributed by atoms with Gasteiger partial charge in [0.1, 0.15) is 11.9 Å². The van der Waals surface area contributed by atoms with Crippen molar-refractivity contribution in [1.29, 1.82) is 0 Å². The van der Waals surface area contributed by atoms with Crippen molar-refractivity contribution in [2.24, 2.45) is 0 Å². The summed E-state index contributed by atoms with van der Waals surface area (Å²) in [5, 5.41) is 2.70. The Morgan fingerprint density at radius 3 is 2.71 bits per heavy atom. The molecule has 1 aliphatic rings. The molecule has 1 aromatic carbocycles. The molecule has 92 valence electrons. The molecule has 0 saturated heterocycles. The number of carbonyl (C=O) groups excluding carboxylic acids is 1. The first-order chi connectivity index (χ1) is 8.13. The van der Waals surface area contributed by atoms with Crippen molar-refractivity contribution in [1.82, 2.24) is 0 Å². The van der Waals surface area contributed by atoms with E-state index in [0.717, 1.165) is 25.7 Å². The van der Waals surface area contributed by atoms with Crippen LogP contribution in [-0.2, 0) is 4.74 Å². The molecule has 1 aromatic rings. The third-order valence-corrected chi connectivity index (χ3v) is 2.90. The van der Waals surface area contributed by atoms with Crippen LogP contribution in [0.25, 0.3) is 0 Å². The summed E-state index contributed by atoms with van der Waals surface area (Å²) in [6.07, 6.45) is 3.40. The number of carbonyl (C=O) groups is 1. The Bertz CT molecular complexity index is 399. The molecule has 17 heavy (non-hydrogen) atoms. The third-order valence-electron chi connectivity index (χ3n) is 2.68. The molecule has 0 aliphatic heterocycles. The van der Waals surface area contributed by atoms with E-state index in [1.807, 2.05) is 0 Å². The quantitative estimate of drug-likeness (QED) is 0.871. The number of rotatable bonds is 2. The van der Waals surface area contributed by atoms with Gasteiger partial charge < -0.3 is 4.74 Å². The first-order valence-electron chi connectivity index (χ1n) is 5.57. The zero-order valence-electron chi connectivity index (χ0n) is 9.21. The summed E-state index contributed by atoms with van der Waals surface area (Å²) in [5.74, 6) is -0.492. The highest BCUT2D eigenvalue weighted by Gasteiger charge is 2.19. The lowest BCUT2D eigenvalue weighted by atomic mass is 10.3. The second-order valence-electron chi connectivity index (χ2n) is 4.09. The van der Waals surface area contributed by atoms with Gasteiger partial charge in [-0.15, -0.1) is 0 Å². The summed E-state index contributed by atoms with van der Waals surface area (Å²) >= 11 is 5.67. The molecule has 0 atom stereocenters. The summed E-state index contributed by atoms with van der Waals surface area (Å²) in [4.78, 5) is 11.5. The highest BCUT2D eigenvalue weighted by Crippen LogP contribution is 2.22. The molecule has 1 saturated carbocycles. The molecule has 0 aromatic heterocycles. The Balaban J connectivity index is 1.92. The highest BCUT2D eigenvalue weighted by atomic mass is 35.5. The molecule has 1 aliphatic carbocycles. The van der Waals surface area contributed by atoms with E-state index in [9.17, 15) is 9.18 Å². The van der Waals surface area contributed by atoms with E-state index in [1.54, 1.807) is 0 Å². The third kappa shape index (κ3) is 3.60. The maximum absolute atomic E-state index is 13.0. The zero-order chi connectivity index (χ0) is 12.3. The molecule has 1 fully saturated rings. The average molecular weight is 258 g/mol. The Labute approximate surface area is 104 Å². The average Bonchev–Trinajstić information content (AvgIpc) is 2.67. The van der Waals surface area contributed by atoms with Crippen molar-refractivity contribution in [2.75, 3.05) is 5.32 Å². The van der Waals surface area contributed by atoms with Crippen LogP contribution in [0.15, 0.2) is 18.2 Å². The Morgan fingerprint density at radius 1 is 1.35 bits per heavy atom. The highest BCUT2D eigenvalue weighted by molar-refractivity contribution is 6.30. The SMILES string of the molecule is O=C(Nc1cc(F)cc(Cl)c1)OC1CCCC1. The van der Waals surface area contributed by atoms with Gasteiger partial charge in [-0.05, 0) is 43.9 Å². The predicted octanol–water partition coefficient (Wildman–Crippen LogP) is 3.97. The number of hydrogen-bond donors (Lipinski definition) is 1. The fraction of sp³-hybridized carbons (Fsp3) is 0.417. The molecule has 0 unspecified atom stereocenters. The van der Waals surface area contributed by atoms with E-state index in [0.29, 0.717) is 5.69 Å². The molecular formula is C12H13ClFNO2. The van der Waals surface area contributed by atoms with Crippen LogP contribution in [0, 0.1) is 5.82 Å². The van der Waals surface area contributed by atoms with E-state index < -0.39 is 11.9 Å². The van der Waals surface area contributed by atoms with Crippen LogP contribution < -0.4 is 5.32 Å². The van der Waals surface area contributed by atoms with Gasteiger partial charge in [0.15, 0.2) is 0 Å². The van der Waals surface area contributed by atoms with E-state index in [1.165, 1.54) is 18.2 Å². The molecule has 0 spiro atoms. The lowest BCUT2D eigenvalue weighted by molar-refractivity contribution is 0.114. The Kier molecular flexibility index (Phi) is 3.84. The lowest BCUT2D eigenvalue weighted by Gasteiger charge is -2.12. The number of hydrogen-bond acceptors (Lipinski definition) is 2. The van der Waals surface area contributed by atoms with Crippen molar-refractivity contribution in [3.05, 3.63) is 29.0 Å². The van der Waals surface area contributed by atoms with E-state index in [-0.39, 0.29) is 11.1 Å². The van der Waals surface area contributed by atoms with Gasteiger partial charge in [0.05, 0.1) is 0 Å². The maximum Gasteiger partial charge on any atom is 0.411 e. The second kappa shape index (κ2) is 5.36. The minimum absolute atomic E-state index is 0.0148. The lowest BCUT2D eigenvalue weighted by Crippen LogP contribution is -2.20. The van der Waals surface area contributed by atoms with Crippen LogP contribution in [0.1, 0.15) is 25.7 Å². The minimum atomic E-state index is -0.557. The first-order valence-corrected chi connectivity index (χ1v) is 5.95. The topological polar surface area (TPSA) is 38.3 Å². The van der Waals surface area contributed by atoms with Crippen LogP contribution in [-0.4, -0.2) is 12.2 Å². The molecule has 5 heteroatoms. The number of benzene rings is 1. The van der Waals surface area contributed by atoms with Crippen molar-refractivity contribution in [2.45, 2.75) is 31.8 Å². The molecule has 2 rings (SSSR count). The largest absolute Gasteiger partial charge is 0.446 e. The predicted molar refractivity (Wildman–Crippen MR) is 63.8 cm³/mol. The fourth-order valence-corrected chi connectivity index (χ4v) is 2.15. The minimum Gasteiger partial charge on any atom is -0.446 e. The fourth-order valence-electron chi connectivity index (χ4n) is 1.93. The second-order valence-corrected chi connectivity index (χ2v) is 4.53. The van der Waals surface area contributed by atoms with Crippen LogP contribution in [0.4, 0.5) is 14.9 Å². The van der Waals surface area contributed by atoms with E-state index in [2.05, 4.69) is 5.32 Å². The first kappa shape index (κ1) is 12.2. The standard InChI is InChI=1S/C12H13ClFNO2/c13-8-5-9(14)7-10(6-8)15-12(16)17-11-3-1-2-4-11/h5-7,11H,1-4H2,(H,15,16). The van der Waals surface area contributed by atoms with Crippen molar-refractivity contribution in [3.63, 3.8) is 0 Å². The van der Waals surface area contributed by atoms with Crippen LogP contribution >= 0.6 is 11.6 Å². The van der Waals surface area contributed by atoms with Gasteiger partial charge in [0.25, 0.3) is 0 Å². The van der Waals surface area contributed by atoms with Crippen LogP contribution in [0.5, 0.6) is 0 Å². The molecule has 0 bridgehead atoms. The zero-order valence-corrected chi connectivity index (χ0v) is 9.97. The maximum atomic E-state index is 13.0. The van der Waals surface area contributed by atoms with Gasteiger partial charge in [-0.25, -0.2) is 9.18 Å². The smallest absolute Gasteiger partial charge is 0.411 e. The van der Waals surface area contributed by atoms with Gasteiger partial charge in [-0.3, -0.25) is 5.32 Å². The Morgan fingerprint density at radius 2 is 2.06 bits per heavy atom. The van der Waals surface area contributed by atoms with Crippen molar-refractivity contribution in [3.8, 4) is 0 Å². The number of halogens is 2. The summed E-state index contributed by atoms with van der Waals surface area (Å²) in [7, 11) is 0. The summed E-state index contributed by atoms with van der Waals surface area (Å²) in [5.41, 5.74) is 0.304. The number of ether oxygens (including phenoxy) is 1.